The van der Waals surface area contributed by atoms with Gasteiger partial charge in [-0.15, -0.1) is 0 Å². The largest absolute Gasteiger partial charge is 0.279 e. The summed E-state index contributed by atoms with van der Waals surface area (Å²) in [5, 5.41) is 11.4. The third-order valence-electron chi connectivity index (χ3n) is 3.76. The van der Waals surface area contributed by atoms with Crippen LogP contribution < -0.4 is 3.64 Å². The summed E-state index contributed by atoms with van der Waals surface area (Å²) < 4.78 is 8.41. The standard InChI is InChI=1S/C18H16IN5/c1-23-18(24-12-5-4-11-17(24)21-23)19-22-20-13-15-9-6-8-14-7-2-3-10-16(14)15/h2-13,22H,1H3/b20-13+. The fourth-order valence-corrected chi connectivity index (χ4v) is 4.27. The van der Waals surface area contributed by atoms with E-state index in [1.807, 2.05) is 42.3 Å². The zero-order chi connectivity index (χ0) is 16.4. The number of hydrogen-bond donors (Lipinski definition) is 1. The lowest BCUT2D eigenvalue weighted by Gasteiger charge is -2.00. The van der Waals surface area contributed by atoms with Crippen LogP contribution in [0.25, 0.3) is 16.4 Å². The second-order valence-electron chi connectivity index (χ2n) is 5.33. The summed E-state index contributed by atoms with van der Waals surface area (Å²) in [5.41, 5.74) is 2.07. The summed E-state index contributed by atoms with van der Waals surface area (Å²) in [7, 11) is 1.97. The van der Waals surface area contributed by atoms with Gasteiger partial charge in [0.25, 0.3) is 0 Å². The molecule has 0 aliphatic heterocycles. The normalized spacial score (nSPS) is 12.8. The Hall–Kier alpha value is -2.48. The van der Waals surface area contributed by atoms with Crippen molar-refractivity contribution in [2.45, 2.75) is 0 Å². The van der Waals surface area contributed by atoms with Crippen molar-refractivity contribution in [1.29, 1.82) is 0 Å². The van der Waals surface area contributed by atoms with Gasteiger partial charge in [0.15, 0.2) is 9.06 Å². The van der Waals surface area contributed by atoms with Crippen LogP contribution >= 0.6 is 21.0 Å². The molecule has 6 heteroatoms. The number of hydrazone groups is 1. The summed E-state index contributed by atoms with van der Waals surface area (Å²) >= 11 is -0.486. The molecule has 0 atom stereocenters. The van der Waals surface area contributed by atoms with Gasteiger partial charge in [0, 0.05) is 18.8 Å². The van der Waals surface area contributed by atoms with Crippen molar-refractivity contribution < 1.29 is 0 Å². The first-order chi connectivity index (χ1) is 11.8. The number of aromatic nitrogens is 3. The average molecular weight is 429 g/mol. The number of pyridine rings is 1. The van der Waals surface area contributed by atoms with Crippen LogP contribution in [-0.2, 0) is 7.05 Å². The minimum atomic E-state index is -0.486. The molecule has 24 heavy (non-hydrogen) atoms. The van der Waals surface area contributed by atoms with Crippen LogP contribution in [0.15, 0.2) is 72.0 Å². The topological polar surface area (TPSA) is 46.6 Å². The highest BCUT2D eigenvalue weighted by Gasteiger charge is 1.99. The number of fused-ring (bicyclic) bond motifs is 2. The van der Waals surface area contributed by atoms with Gasteiger partial charge in [0.1, 0.15) is 0 Å². The minimum absolute atomic E-state index is 0.486. The van der Waals surface area contributed by atoms with E-state index in [0.29, 0.717) is 0 Å². The average Bonchev–Trinajstić information content (AvgIpc) is 2.94. The maximum atomic E-state index is 4.51. The smallest absolute Gasteiger partial charge is 0.186 e. The molecule has 0 unspecified atom stereocenters. The zero-order valence-electron chi connectivity index (χ0n) is 13.1. The molecule has 0 aliphatic rings. The number of nitrogens with one attached hydrogen (secondary N) is 1. The summed E-state index contributed by atoms with van der Waals surface area (Å²) in [5.74, 6) is 0. The Labute approximate surface area is 149 Å². The van der Waals surface area contributed by atoms with Gasteiger partial charge in [-0.25, -0.2) is 4.68 Å². The Balaban J connectivity index is 1.64. The molecule has 0 bridgehead atoms. The van der Waals surface area contributed by atoms with Crippen molar-refractivity contribution in [3.8, 4) is 0 Å². The van der Waals surface area contributed by atoms with E-state index in [-0.39, 0.29) is 0 Å². The van der Waals surface area contributed by atoms with E-state index < -0.39 is 21.0 Å². The molecular weight excluding hydrogens is 413 g/mol. The highest BCUT2D eigenvalue weighted by atomic mass is 127. The van der Waals surface area contributed by atoms with Crippen molar-refractivity contribution in [1.82, 2.24) is 17.8 Å². The zero-order valence-corrected chi connectivity index (χ0v) is 15.3. The molecule has 0 saturated heterocycles. The molecule has 0 spiro atoms. The Morgan fingerprint density at radius 2 is 1.88 bits per heavy atom. The Kier molecular flexibility index (Phi) is 4.12. The SMILES string of the molecule is Cn1nc2ccccn2c1=IN/N=C/c1cccc2ccccc12. The summed E-state index contributed by atoms with van der Waals surface area (Å²) in [4.78, 5) is 0. The number of benzene rings is 2. The van der Waals surface area contributed by atoms with Crippen molar-refractivity contribution in [2.75, 3.05) is 0 Å². The number of halogens is 1. The van der Waals surface area contributed by atoms with Gasteiger partial charge in [-0.3, -0.25) is 8.04 Å². The number of hydrogen-bond acceptors (Lipinski definition) is 3. The quantitative estimate of drug-likeness (QED) is 0.233. The predicted octanol–water partition coefficient (Wildman–Crippen LogP) is 3.87. The Morgan fingerprint density at radius 3 is 2.83 bits per heavy atom. The molecule has 120 valence electrons. The third-order valence-corrected chi connectivity index (χ3v) is 5.98. The van der Waals surface area contributed by atoms with Crippen LogP contribution in [0.3, 0.4) is 0 Å². The summed E-state index contributed by atoms with van der Waals surface area (Å²) in [6.45, 7) is 0. The molecule has 0 amide bonds. The maximum Gasteiger partial charge on any atom is 0.186 e. The van der Waals surface area contributed by atoms with Crippen LogP contribution in [-0.4, -0.2) is 20.4 Å². The first-order valence-corrected chi connectivity index (χ1v) is 9.72. The van der Waals surface area contributed by atoms with Gasteiger partial charge in [-0.1, -0.05) is 48.5 Å². The van der Waals surface area contributed by atoms with Crippen molar-refractivity contribution in [3.63, 3.8) is 0 Å². The molecule has 0 saturated carbocycles. The minimum Gasteiger partial charge on any atom is -0.279 e. The van der Waals surface area contributed by atoms with Crippen LogP contribution in [0.4, 0.5) is 0 Å². The molecule has 0 radical (unpaired) electrons. The van der Waals surface area contributed by atoms with E-state index in [1.54, 1.807) is 0 Å². The van der Waals surface area contributed by atoms with Crippen LogP contribution in [0.1, 0.15) is 5.56 Å². The first kappa shape index (κ1) is 15.1. The van der Waals surface area contributed by atoms with Crippen molar-refractivity contribution in [3.05, 3.63) is 75.8 Å². The van der Waals surface area contributed by atoms with E-state index in [1.165, 1.54) is 10.8 Å². The van der Waals surface area contributed by atoms with E-state index in [2.05, 4.69) is 60.7 Å². The molecule has 2 heterocycles. The lowest BCUT2D eigenvalue weighted by atomic mass is 10.1. The fourth-order valence-electron chi connectivity index (χ4n) is 2.65. The Morgan fingerprint density at radius 1 is 1.04 bits per heavy atom. The second kappa shape index (κ2) is 6.56. The summed E-state index contributed by atoms with van der Waals surface area (Å²) in [6, 6.07) is 20.6. The van der Waals surface area contributed by atoms with Gasteiger partial charge < -0.3 is 0 Å². The number of aryl methyl sites for hydroxylation is 1. The highest BCUT2D eigenvalue weighted by molar-refractivity contribution is 14.2. The third kappa shape index (κ3) is 2.84. The number of nitrogens with zero attached hydrogens (tertiary/aromatic N) is 4. The molecule has 4 aromatic rings. The Bertz CT molecular complexity index is 1100. The lowest BCUT2D eigenvalue weighted by molar-refractivity contribution is 0.759. The molecule has 4 rings (SSSR count). The van der Waals surface area contributed by atoms with Crippen LogP contribution in [0.5, 0.6) is 0 Å². The highest BCUT2D eigenvalue weighted by Crippen LogP contribution is 2.16. The van der Waals surface area contributed by atoms with Gasteiger partial charge >= 0.3 is 0 Å². The van der Waals surface area contributed by atoms with Crippen LogP contribution in [0.2, 0.25) is 0 Å². The first-order valence-electron chi connectivity index (χ1n) is 7.56. The lowest BCUT2D eigenvalue weighted by Crippen LogP contribution is -1.94. The number of rotatable bonds is 3. The molecular formula is C18H16IN5. The van der Waals surface area contributed by atoms with Crippen LogP contribution in [0, 0.1) is 3.42 Å². The van der Waals surface area contributed by atoms with E-state index >= 15 is 0 Å². The molecule has 2 aromatic heterocycles. The monoisotopic (exact) mass is 429 g/mol. The molecule has 0 fully saturated rings. The summed E-state index contributed by atoms with van der Waals surface area (Å²) in [6.07, 6.45) is 3.93. The predicted molar refractivity (Wildman–Crippen MR) is 106 cm³/mol. The second-order valence-corrected chi connectivity index (χ2v) is 7.31. The van der Waals surface area contributed by atoms with Gasteiger partial charge in [-0.05, 0) is 22.9 Å². The van der Waals surface area contributed by atoms with E-state index in [4.69, 9.17) is 0 Å². The van der Waals surface area contributed by atoms with E-state index in [0.717, 1.165) is 14.6 Å². The molecule has 5 nitrogen and oxygen atoms in total. The van der Waals surface area contributed by atoms with Gasteiger partial charge in [-0.2, -0.15) is 10.2 Å². The molecule has 1 N–H and O–H groups in total. The van der Waals surface area contributed by atoms with Crippen molar-refractivity contribution >= 4 is 43.6 Å². The fraction of sp³-hybridized carbons (Fsp3) is 0.0556. The maximum absolute atomic E-state index is 4.51. The van der Waals surface area contributed by atoms with Gasteiger partial charge in [0.2, 0.25) is 0 Å². The van der Waals surface area contributed by atoms with Crippen molar-refractivity contribution in [2.24, 2.45) is 12.1 Å². The van der Waals surface area contributed by atoms with Gasteiger partial charge in [0.05, 0.1) is 27.2 Å². The molecule has 2 aromatic carbocycles. The molecule has 0 aliphatic carbocycles. The van der Waals surface area contributed by atoms with E-state index in [9.17, 15) is 0 Å².